The number of benzene rings is 1. The van der Waals surface area contributed by atoms with E-state index in [-0.39, 0.29) is 6.04 Å². The minimum absolute atomic E-state index is 0.366. The Hall–Kier alpha value is -1.75. The van der Waals surface area contributed by atoms with E-state index in [0.29, 0.717) is 12.0 Å². The van der Waals surface area contributed by atoms with Gasteiger partial charge in [0.05, 0.1) is 6.20 Å². The van der Waals surface area contributed by atoms with Crippen LogP contribution in [0.1, 0.15) is 24.1 Å². The Morgan fingerprint density at radius 3 is 2.72 bits per heavy atom. The van der Waals surface area contributed by atoms with Crippen LogP contribution in [0.25, 0.3) is 0 Å². The zero-order valence-electron chi connectivity index (χ0n) is 10.1. The maximum Gasteiger partial charge on any atom is 0.159 e. The van der Waals surface area contributed by atoms with Gasteiger partial charge in [0, 0.05) is 18.8 Å². The van der Waals surface area contributed by atoms with Crippen molar-refractivity contribution in [2.45, 2.75) is 25.9 Å². The Labute approximate surface area is 104 Å². The van der Waals surface area contributed by atoms with Crippen LogP contribution in [0.3, 0.4) is 0 Å². The molecule has 1 heterocycles. The summed E-state index contributed by atoms with van der Waals surface area (Å²) >= 11 is 0. The average molecular weight is 251 g/mol. The molecule has 3 nitrogen and oxygen atoms in total. The van der Waals surface area contributed by atoms with Gasteiger partial charge in [0.2, 0.25) is 0 Å². The van der Waals surface area contributed by atoms with Crippen molar-refractivity contribution < 1.29 is 8.78 Å². The molecule has 1 aromatic carbocycles. The molecule has 0 bridgehead atoms. The van der Waals surface area contributed by atoms with Crippen molar-refractivity contribution in [3.8, 4) is 0 Å². The molecule has 0 spiro atoms. The molecule has 2 N–H and O–H groups in total. The van der Waals surface area contributed by atoms with Crippen molar-refractivity contribution in [1.82, 2.24) is 9.78 Å². The minimum atomic E-state index is -0.868. The first-order valence-electron chi connectivity index (χ1n) is 5.82. The molecule has 0 radical (unpaired) electrons. The zero-order valence-corrected chi connectivity index (χ0v) is 10.1. The van der Waals surface area contributed by atoms with Crippen LogP contribution >= 0.6 is 0 Å². The zero-order chi connectivity index (χ0) is 13.1. The van der Waals surface area contributed by atoms with Gasteiger partial charge in [0.15, 0.2) is 11.6 Å². The highest BCUT2D eigenvalue weighted by Crippen LogP contribution is 2.18. The van der Waals surface area contributed by atoms with Crippen LogP contribution in [0.15, 0.2) is 30.6 Å². The second-order valence-corrected chi connectivity index (χ2v) is 4.19. The summed E-state index contributed by atoms with van der Waals surface area (Å²) in [5.41, 5.74) is 7.53. The Balaban J connectivity index is 2.11. The van der Waals surface area contributed by atoms with E-state index in [1.54, 1.807) is 10.9 Å². The van der Waals surface area contributed by atoms with Gasteiger partial charge in [-0.3, -0.25) is 4.68 Å². The van der Waals surface area contributed by atoms with Crippen LogP contribution < -0.4 is 5.73 Å². The predicted molar refractivity (Wildman–Crippen MR) is 64.9 cm³/mol. The Morgan fingerprint density at radius 2 is 2.11 bits per heavy atom. The van der Waals surface area contributed by atoms with Gasteiger partial charge in [-0.1, -0.05) is 6.07 Å². The molecule has 5 heteroatoms. The van der Waals surface area contributed by atoms with Crippen molar-refractivity contribution in [3.63, 3.8) is 0 Å². The highest BCUT2D eigenvalue weighted by Gasteiger charge is 2.11. The number of nitrogens with two attached hydrogens (primary N) is 1. The molecule has 0 saturated heterocycles. The summed E-state index contributed by atoms with van der Waals surface area (Å²) in [6, 6.07) is 3.38. The number of hydrogen-bond acceptors (Lipinski definition) is 2. The lowest BCUT2D eigenvalue weighted by atomic mass is 10.0. The second-order valence-electron chi connectivity index (χ2n) is 4.19. The summed E-state index contributed by atoms with van der Waals surface area (Å²) in [5.74, 6) is -1.73. The topological polar surface area (TPSA) is 43.8 Å². The van der Waals surface area contributed by atoms with E-state index in [2.05, 4.69) is 5.10 Å². The summed E-state index contributed by atoms with van der Waals surface area (Å²) in [6.45, 7) is 2.78. The van der Waals surface area contributed by atoms with Crippen molar-refractivity contribution in [1.29, 1.82) is 0 Å². The fourth-order valence-electron chi connectivity index (χ4n) is 1.80. The first kappa shape index (κ1) is 12.7. The molecule has 0 aliphatic carbocycles. The highest BCUT2D eigenvalue weighted by atomic mass is 19.2. The van der Waals surface area contributed by atoms with Crippen LogP contribution in [0, 0.1) is 11.6 Å². The third kappa shape index (κ3) is 2.73. The number of halogens is 2. The van der Waals surface area contributed by atoms with Crippen molar-refractivity contribution in [2.24, 2.45) is 5.73 Å². The predicted octanol–water partition coefficient (Wildman–Crippen LogP) is 2.42. The van der Waals surface area contributed by atoms with Gasteiger partial charge >= 0.3 is 0 Å². The quantitative estimate of drug-likeness (QED) is 0.907. The van der Waals surface area contributed by atoms with Gasteiger partial charge in [-0.2, -0.15) is 5.10 Å². The molecular weight excluding hydrogens is 236 g/mol. The number of hydrogen-bond donors (Lipinski definition) is 1. The lowest BCUT2D eigenvalue weighted by Gasteiger charge is -2.11. The molecule has 2 rings (SSSR count). The molecule has 96 valence electrons. The molecule has 18 heavy (non-hydrogen) atoms. The van der Waals surface area contributed by atoms with Crippen LogP contribution in [0.2, 0.25) is 0 Å². The highest BCUT2D eigenvalue weighted by molar-refractivity contribution is 5.23. The molecule has 0 amide bonds. The maximum atomic E-state index is 13.1. The summed E-state index contributed by atoms with van der Waals surface area (Å²) in [6.07, 6.45) is 4.19. The molecule has 0 aliphatic heterocycles. The van der Waals surface area contributed by atoms with Crippen LogP contribution in [-0.2, 0) is 13.0 Å². The van der Waals surface area contributed by atoms with E-state index in [1.807, 2.05) is 13.1 Å². The number of aromatic nitrogens is 2. The summed E-state index contributed by atoms with van der Waals surface area (Å²) in [7, 11) is 0. The molecular formula is C13H15F2N3. The molecule has 0 fully saturated rings. The number of rotatable bonds is 4. The molecule has 1 aromatic heterocycles. The van der Waals surface area contributed by atoms with E-state index in [1.165, 1.54) is 6.07 Å². The first-order chi connectivity index (χ1) is 8.60. The lowest BCUT2D eigenvalue weighted by Crippen LogP contribution is -2.13. The van der Waals surface area contributed by atoms with E-state index in [0.717, 1.165) is 24.2 Å². The Kier molecular flexibility index (Phi) is 3.72. The second kappa shape index (κ2) is 5.27. The van der Waals surface area contributed by atoms with Gasteiger partial charge in [-0.25, -0.2) is 8.78 Å². The molecule has 0 aliphatic rings. The molecule has 2 aromatic rings. The van der Waals surface area contributed by atoms with E-state index < -0.39 is 11.6 Å². The molecule has 1 atom stereocenters. The lowest BCUT2D eigenvalue weighted by molar-refractivity contribution is 0.505. The Bertz CT molecular complexity index is 537. The standard InChI is InChI=1S/C13H15F2N3/c1-2-18-8-9(7-17-18)5-13(16)10-3-4-11(14)12(15)6-10/h3-4,6-8,13H,2,5,16H2,1H3. The van der Waals surface area contributed by atoms with Crippen LogP contribution in [0.4, 0.5) is 8.78 Å². The monoisotopic (exact) mass is 251 g/mol. The van der Waals surface area contributed by atoms with Crippen LogP contribution in [-0.4, -0.2) is 9.78 Å². The van der Waals surface area contributed by atoms with E-state index in [9.17, 15) is 8.78 Å². The van der Waals surface area contributed by atoms with Gasteiger partial charge < -0.3 is 5.73 Å². The normalized spacial score (nSPS) is 12.7. The Morgan fingerprint density at radius 1 is 1.33 bits per heavy atom. The summed E-state index contributed by atoms with van der Waals surface area (Å²) in [4.78, 5) is 0. The van der Waals surface area contributed by atoms with Gasteiger partial charge in [0.25, 0.3) is 0 Å². The van der Waals surface area contributed by atoms with Crippen molar-refractivity contribution >= 4 is 0 Å². The van der Waals surface area contributed by atoms with Gasteiger partial charge in [-0.05, 0) is 36.6 Å². The molecule has 0 saturated carbocycles. The van der Waals surface area contributed by atoms with Gasteiger partial charge in [0.1, 0.15) is 0 Å². The third-order valence-corrected chi connectivity index (χ3v) is 2.84. The van der Waals surface area contributed by atoms with E-state index >= 15 is 0 Å². The van der Waals surface area contributed by atoms with Crippen molar-refractivity contribution in [3.05, 3.63) is 53.4 Å². The maximum absolute atomic E-state index is 13.1. The number of aryl methyl sites for hydroxylation is 1. The van der Waals surface area contributed by atoms with E-state index in [4.69, 9.17) is 5.73 Å². The fourth-order valence-corrected chi connectivity index (χ4v) is 1.80. The minimum Gasteiger partial charge on any atom is -0.324 e. The SMILES string of the molecule is CCn1cc(CC(N)c2ccc(F)c(F)c2)cn1. The fraction of sp³-hybridized carbons (Fsp3) is 0.308. The first-order valence-corrected chi connectivity index (χ1v) is 5.82. The largest absolute Gasteiger partial charge is 0.324 e. The van der Waals surface area contributed by atoms with Crippen LogP contribution in [0.5, 0.6) is 0 Å². The molecule has 1 unspecified atom stereocenters. The number of nitrogens with zero attached hydrogens (tertiary/aromatic N) is 2. The smallest absolute Gasteiger partial charge is 0.159 e. The summed E-state index contributed by atoms with van der Waals surface area (Å²) in [5, 5.41) is 4.14. The summed E-state index contributed by atoms with van der Waals surface area (Å²) < 4.78 is 27.7. The third-order valence-electron chi connectivity index (χ3n) is 2.84. The van der Waals surface area contributed by atoms with Crippen molar-refractivity contribution in [2.75, 3.05) is 0 Å². The average Bonchev–Trinajstić information content (AvgIpc) is 2.80. The van der Waals surface area contributed by atoms with Gasteiger partial charge in [-0.15, -0.1) is 0 Å².